The number of benzene rings is 1. The van der Waals surface area contributed by atoms with Gasteiger partial charge in [0.25, 0.3) is 0 Å². The Morgan fingerprint density at radius 1 is 1.17 bits per heavy atom. The highest BCUT2D eigenvalue weighted by atomic mass is 16.5. The Morgan fingerprint density at radius 3 is 2.50 bits per heavy atom. The van der Waals surface area contributed by atoms with Crippen LogP contribution in [0.5, 0.6) is 0 Å². The Balaban J connectivity index is 2.12. The molecule has 1 N–H and O–H groups in total. The van der Waals surface area contributed by atoms with Crippen molar-refractivity contribution in [3.05, 3.63) is 52.3 Å². The summed E-state index contributed by atoms with van der Waals surface area (Å²) in [5, 5.41) is 3.89. The highest BCUT2D eigenvalue weighted by Gasteiger charge is 2.39. The van der Waals surface area contributed by atoms with Crippen molar-refractivity contribution in [2.45, 2.75) is 18.3 Å². The van der Waals surface area contributed by atoms with Gasteiger partial charge in [0.15, 0.2) is 5.82 Å². The van der Waals surface area contributed by atoms with E-state index >= 15 is 0 Å². The zero-order chi connectivity index (χ0) is 12.4. The number of hydrogen-bond acceptors (Lipinski definition) is 4. The number of rotatable bonds is 2. The van der Waals surface area contributed by atoms with Crippen LogP contribution in [0.25, 0.3) is 0 Å². The molecule has 5 heteroatoms. The summed E-state index contributed by atoms with van der Waals surface area (Å²) in [7, 11) is 0. The molecule has 0 atom stereocenters. The molecule has 2 aromatic rings. The summed E-state index contributed by atoms with van der Waals surface area (Å²) in [4.78, 5) is 13.9. The number of hydrogen-bond donors (Lipinski definition) is 1. The zero-order valence-electron chi connectivity index (χ0n) is 9.89. The first-order valence-corrected chi connectivity index (χ1v) is 6.01. The van der Waals surface area contributed by atoms with Gasteiger partial charge in [-0.1, -0.05) is 35.5 Å². The lowest BCUT2D eigenvalue weighted by atomic mass is 9.73. The fraction of sp³-hybridized carbons (Fsp3) is 0.385. The molecule has 1 fully saturated rings. The van der Waals surface area contributed by atoms with E-state index in [1.165, 1.54) is 0 Å². The van der Waals surface area contributed by atoms with Gasteiger partial charge in [0, 0.05) is 13.2 Å². The monoisotopic (exact) mass is 246 g/mol. The molecule has 5 nitrogen and oxygen atoms in total. The first-order chi connectivity index (χ1) is 8.81. The summed E-state index contributed by atoms with van der Waals surface area (Å²) >= 11 is 0. The Morgan fingerprint density at radius 2 is 1.89 bits per heavy atom. The van der Waals surface area contributed by atoms with Crippen LogP contribution in [-0.2, 0) is 10.2 Å². The maximum atomic E-state index is 11.2. The van der Waals surface area contributed by atoms with Crippen molar-refractivity contribution >= 4 is 0 Å². The molecule has 0 spiro atoms. The second-order valence-electron chi connectivity index (χ2n) is 4.50. The molecule has 1 aliphatic rings. The molecule has 1 aromatic carbocycles. The molecule has 0 saturated carbocycles. The Kier molecular flexibility index (Phi) is 2.76. The Bertz CT molecular complexity index is 567. The van der Waals surface area contributed by atoms with Crippen molar-refractivity contribution < 1.29 is 9.26 Å². The van der Waals surface area contributed by atoms with Gasteiger partial charge in [-0.15, -0.1) is 0 Å². The predicted molar refractivity (Wildman–Crippen MR) is 64.4 cm³/mol. The first-order valence-electron chi connectivity index (χ1n) is 6.01. The minimum atomic E-state index is -0.508. The smallest absolute Gasteiger partial charge is 0.381 e. The maximum Gasteiger partial charge on any atom is 0.438 e. The molecular weight excluding hydrogens is 232 g/mol. The molecule has 0 bridgehead atoms. The first kappa shape index (κ1) is 11.2. The summed E-state index contributed by atoms with van der Waals surface area (Å²) in [6.07, 6.45) is 1.58. The van der Waals surface area contributed by atoms with Gasteiger partial charge in [0.05, 0.1) is 5.41 Å². The predicted octanol–water partition coefficient (Wildman–Crippen LogP) is 1.46. The number of nitrogens with zero attached hydrogens (tertiary/aromatic N) is 1. The highest BCUT2D eigenvalue weighted by Crippen LogP contribution is 2.38. The molecule has 1 aromatic heterocycles. The Hall–Kier alpha value is -1.88. The lowest BCUT2D eigenvalue weighted by molar-refractivity contribution is 0.0597. The minimum Gasteiger partial charge on any atom is -0.381 e. The van der Waals surface area contributed by atoms with Crippen LogP contribution >= 0.6 is 0 Å². The largest absolute Gasteiger partial charge is 0.438 e. The summed E-state index contributed by atoms with van der Waals surface area (Å²) in [5.74, 6) is 0.0915. The van der Waals surface area contributed by atoms with Gasteiger partial charge in [0.2, 0.25) is 0 Å². The van der Waals surface area contributed by atoms with Gasteiger partial charge in [-0.2, -0.15) is 0 Å². The van der Waals surface area contributed by atoms with Crippen molar-refractivity contribution in [1.29, 1.82) is 0 Å². The van der Waals surface area contributed by atoms with E-state index < -0.39 is 5.76 Å². The summed E-state index contributed by atoms with van der Waals surface area (Å²) in [5.41, 5.74) is 0.837. The van der Waals surface area contributed by atoms with Gasteiger partial charge in [-0.3, -0.25) is 9.51 Å². The third-order valence-electron chi connectivity index (χ3n) is 3.57. The molecule has 0 amide bonds. The van der Waals surface area contributed by atoms with E-state index in [0.29, 0.717) is 19.0 Å². The summed E-state index contributed by atoms with van der Waals surface area (Å²) in [6, 6.07) is 10.1. The van der Waals surface area contributed by atoms with Crippen LogP contribution in [-0.4, -0.2) is 23.4 Å². The van der Waals surface area contributed by atoms with E-state index in [0.717, 1.165) is 18.4 Å². The molecule has 0 radical (unpaired) electrons. The average Bonchev–Trinajstić information content (AvgIpc) is 2.88. The Labute approximate surface area is 104 Å². The van der Waals surface area contributed by atoms with Crippen LogP contribution in [0.4, 0.5) is 0 Å². The number of ether oxygens (including phenoxy) is 1. The van der Waals surface area contributed by atoms with E-state index in [4.69, 9.17) is 4.74 Å². The molecular formula is C13H14N2O3. The van der Waals surface area contributed by atoms with Crippen LogP contribution in [0.2, 0.25) is 0 Å². The molecule has 18 heavy (non-hydrogen) atoms. The lowest BCUT2D eigenvalue weighted by Crippen LogP contribution is -2.36. The van der Waals surface area contributed by atoms with Crippen molar-refractivity contribution in [3.8, 4) is 0 Å². The van der Waals surface area contributed by atoms with Crippen LogP contribution in [0.15, 0.2) is 39.6 Å². The van der Waals surface area contributed by atoms with E-state index in [-0.39, 0.29) is 5.41 Å². The van der Waals surface area contributed by atoms with Crippen LogP contribution in [0.1, 0.15) is 24.2 Å². The number of H-pyrrole nitrogens is 1. The molecule has 1 saturated heterocycles. The van der Waals surface area contributed by atoms with Gasteiger partial charge in [0.1, 0.15) is 0 Å². The molecule has 0 unspecified atom stereocenters. The summed E-state index contributed by atoms with van der Waals surface area (Å²) in [6.45, 7) is 1.31. The van der Waals surface area contributed by atoms with Crippen molar-refractivity contribution in [1.82, 2.24) is 10.1 Å². The van der Waals surface area contributed by atoms with E-state index in [9.17, 15) is 4.79 Å². The van der Waals surface area contributed by atoms with Crippen molar-refractivity contribution in [2.24, 2.45) is 0 Å². The molecule has 2 heterocycles. The standard InChI is InChI=1S/C13H14N2O3/c16-12-14-11(15-18-12)13(6-8-17-9-7-13)10-4-2-1-3-5-10/h1-5H,6-9H2,(H,14,15,16). The minimum absolute atomic E-state index is 0.300. The lowest BCUT2D eigenvalue weighted by Gasteiger charge is -2.35. The van der Waals surface area contributed by atoms with Gasteiger partial charge >= 0.3 is 5.76 Å². The third-order valence-corrected chi connectivity index (χ3v) is 3.57. The number of aromatic amines is 1. The molecule has 0 aliphatic carbocycles. The SMILES string of the molecule is O=c1[nH]c(C2(c3ccccc3)CCOCC2)no1. The summed E-state index contributed by atoms with van der Waals surface area (Å²) < 4.78 is 10.1. The van der Waals surface area contributed by atoms with Crippen LogP contribution in [0, 0.1) is 0 Å². The van der Waals surface area contributed by atoms with Crippen molar-refractivity contribution in [2.75, 3.05) is 13.2 Å². The molecule has 3 rings (SSSR count). The molecule has 94 valence electrons. The maximum absolute atomic E-state index is 11.2. The van der Waals surface area contributed by atoms with Crippen molar-refractivity contribution in [3.63, 3.8) is 0 Å². The number of aromatic nitrogens is 2. The fourth-order valence-corrected chi connectivity index (χ4v) is 2.58. The fourth-order valence-electron chi connectivity index (χ4n) is 2.58. The second kappa shape index (κ2) is 4.42. The topological polar surface area (TPSA) is 68.1 Å². The normalized spacial score (nSPS) is 18.7. The highest BCUT2D eigenvalue weighted by molar-refractivity contribution is 5.32. The average molecular weight is 246 g/mol. The zero-order valence-corrected chi connectivity index (χ0v) is 9.89. The number of nitrogens with one attached hydrogen (secondary N) is 1. The molecule has 1 aliphatic heterocycles. The van der Waals surface area contributed by atoms with E-state index in [1.807, 2.05) is 18.2 Å². The second-order valence-corrected chi connectivity index (χ2v) is 4.50. The quantitative estimate of drug-likeness (QED) is 0.871. The third kappa shape index (κ3) is 1.76. The van der Waals surface area contributed by atoms with Gasteiger partial charge in [-0.05, 0) is 18.4 Å². The van der Waals surface area contributed by atoms with Crippen LogP contribution in [0.3, 0.4) is 0 Å². The van der Waals surface area contributed by atoms with Crippen LogP contribution < -0.4 is 5.76 Å². The van der Waals surface area contributed by atoms with Gasteiger partial charge < -0.3 is 4.74 Å². The van der Waals surface area contributed by atoms with E-state index in [2.05, 4.69) is 26.8 Å². The van der Waals surface area contributed by atoms with Gasteiger partial charge in [-0.25, -0.2) is 4.79 Å². The van der Waals surface area contributed by atoms with E-state index in [1.54, 1.807) is 0 Å².